The fourth-order valence-corrected chi connectivity index (χ4v) is 5.13. The second-order valence-corrected chi connectivity index (χ2v) is 9.54. The number of rotatable bonds is 4. The Morgan fingerprint density at radius 2 is 1.77 bits per heavy atom. The van der Waals surface area contributed by atoms with E-state index in [1.54, 1.807) is 53.4 Å². The van der Waals surface area contributed by atoms with Crippen molar-refractivity contribution in [1.82, 2.24) is 4.90 Å². The highest BCUT2D eigenvalue weighted by atomic mass is 32.1. The first kappa shape index (κ1) is 22.8. The van der Waals surface area contributed by atoms with E-state index in [0.29, 0.717) is 47.0 Å². The first-order chi connectivity index (χ1) is 17.0. The fraction of sp³-hybridized carbons (Fsp3) is 0.231. The molecule has 5 rings (SSSR count). The van der Waals surface area contributed by atoms with Crippen molar-refractivity contribution in [2.45, 2.75) is 12.8 Å². The van der Waals surface area contributed by atoms with Gasteiger partial charge in [-0.3, -0.25) is 24.1 Å². The van der Waals surface area contributed by atoms with Gasteiger partial charge in [-0.1, -0.05) is 18.2 Å². The third kappa shape index (κ3) is 4.81. The van der Waals surface area contributed by atoms with Crippen molar-refractivity contribution in [1.29, 1.82) is 0 Å². The molecular formula is C26H24N4O4S. The molecule has 3 heterocycles. The van der Waals surface area contributed by atoms with Gasteiger partial charge < -0.3 is 15.5 Å². The molecule has 2 N–H and O–H groups in total. The Balaban J connectivity index is 1.23. The molecule has 0 bridgehead atoms. The van der Waals surface area contributed by atoms with Gasteiger partial charge in [-0.15, -0.1) is 11.3 Å². The van der Waals surface area contributed by atoms with E-state index < -0.39 is 0 Å². The number of nitrogens with one attached hydrogen (secondary N) is 2. The molecule has 1 saturated heterocycles. The van der Waals surface area contributed by atoms with Crippen LogP contribution >= 0.6 is 11.3 Å². The minimum absolute atomic E-state index is 0.0340. The van der Waals surface area contributed by atoms with Gasteiger partial charge in [0.25, 0.3) is 11.8 Å². The molecule has 9 heteroatoms. The van der Waals surface area contributed by atoms with Gasteiger partial charge in [-0.05, 0) is 60.7 Å². The van der Waals surface area contributed by atoms with Crippen molar-refractivity contribution in [3.8, 4) is 0 Å². The van der Waals surface area contributed by atoms with Crippen molar-refractivity contribution < 1.29 is 19.2 Å². The highest BCUT2D eigenvalue weighted by Gasteiger charge is 2.30. The van der Waals surface area contributed by atoms with E-state index >= 15 is 0 Å². The minimum Gasteiger partial charge on any atom is -0.337 e. The van der Waals surface area contributed by atoms with Crippen molar-refractivity contribution in [3.63, 3.8) is 0 Å². The number of amides is 4. The highest BCUT2D eigenvalue weighted by Crippen LogP contribution is 2.30. The number of anilines is 3. The minimum atomic E-state index is -0.294. The number of para-hydroxylation sites is 2. The SMILES string of the molecule is O=C1CN(C(=O)c2ccc(NC(=O)C3CCCN(C(=O)c4cccs4)C3)cc2)c2ccccc2N1. The summed E-state index contributed by atoms with van der Waals surface area (Å²) in [6.07, 6.45) is 1.49. The number of fused-ring (bicyclic) bond motifs is 1. The smallest absolute Gasteiger partial charge is 0.263 e. The van der Waals surface area contributed by atoms with Crippen LogP contribution in [0.3, 0.4) is 0 Å². The topological polar surface area (TPSA) is 98.8 Å². The highest BCUT2D eigenvalue weighted by molar-refractivity contribution is 7.12. The summed E-state index contributed by atoms with van der Waals surface area (Å²) in [6.45, 7) is 0.973. The molecule has 2 aromatic carbocycles. The van der Waals surface area contributed by atoms with Gasteiger partial charge >= 0.3 is 0 Å². The van der Waals surface area contributed by atoms with Crippen LogP contribution in [-0.4, -0.2) is 48.2 Å². The predicted molar refractivity (Wildman–Crippen MR) is 135 cm³/mol. The van der Waals surface area contributed by atoms with Crippen LogP contribution in [-0.2, 0) is 9.59 Å². The lowest BCUT2D eigenvalue weighted by atomic mass is 9.96. The van der Waals surface area contributed by atoms with Crippen LogP contribution in [0.2, 0.25) is 0 Å². The van der Waals surface area contributed by atoms with Crippen molar-refractivity contribution in [3.05, 3.63) is 76.5 Å². The average molecular weight is 489 g/mol. The lowest BCUT2D eigenvalue weighted by Crippen LogP contribution is -2.43. The Morgan fingerprint density at radius 1 is 0.971 bits per heavy atom. The number of nitrogens with zero attached hydrogens (tertiary/aromatic N) is 2. The quantitative estimate of drug-likeness (QED) is 0.583. The molecule has 4 amide bonds. The first-order valence-electron chi connectivity index (χ1n) is 11.4. The van der Waals surface area contributed by atoms with E-state index in [1.165, 1.54) is 16.2 Å². The molecule has 1 atom stereocenters. The Bertz CT molecular complexity index is 1270. The molecule has 0 spiro atoms. The number of piperidine rings is 1. The normalized spacial score (nSPS) is 17.4. The van der Waals surface area contributed by atoms with E-state index in [1.807, 2.05) is 17.5 Å². The second kappa shape index (κ2) is 9.71. The van der Waals surface area contributed by atoms with Gasteiger partial charge in [0.05, 0.1) is 22.2 Å². The number of likely N-dealkylation sites (tertiary alicyclic amines) is 1. The largest absolute Gasteiger partial charge is 0.337 e. The summed E-state index contributed by atoms with van der Waals surface area (Å²) >= 11 is 1.40. The second-order valence-electron chi connectivity index (χ2n) is 8.59. The monoisotopic (exact) mass is 488 g/mol. The standard InChI is InChI=1S/C26H24N4O4S/c31-23-16-30(21-7-2-1-6-20(21)28-23)25(33)17-9-11-19(12-10-17)27-24(32)18-5-3-13-29(15-18)26(34)22-8-4-14-35-22/h1-2,4,6-12,14,18H,3,5,13,15-16H2,(H,27,32)(H,28,31). The van der Waals surface area contributed by atoms with E-state index in [0.717, 1.165) is 6.42 Å². The van der Waals surface area contributed by atoms with Crippen LogP contribution in [0.1, 0.15) is 32.9 Å². The molecule has 1 aromatic heterocycles. The zero-order valence-electron chi connectivity index (χ0n) is 18.9. The van der Waals surface area contributed by atoms with E-state index in [2.05, 4.69) is 10.6 Å². The zero-order chi connectivity index (χ0) is 24.4. The van der Waals surface area contributed by atoms with Crippen LogP contribution in [0, 0.1) is 5.92 Å². The molecule has 1 unspecified atom stereocenters. The third-order valence-corrected chi connectivity index (χ3v) is 7.08. The van der Waals surface area contributed by atoms with Gasteiger partial charge in [0.1, 0.15) is 6.54 Å². The molecule has 0 radical (unpaired) electrons. The van der Waals surface area contributed by atoms with E-state index in [9.17, 15) is 19.2 Å². The summed E-state index contributed by atoms with van der Waals surface area (Å²) in [5.74, 6) is -1.01. The first-order valence-corrected chi connectivity index (χ1v) is 12.3. The third-order valence-electron chi connectivity index (χ3n) is 6.23. The summed E-state index contributed by atoms with van der Waals surface area (Å²) in [5.41, 5.74) is 2.23. The maximum absolute atomic E-state index is 13.1. The van der Waals surface area contributed by atoms with Gasteiger partial charge in [-0.2, -0.15) is 0 Å². The molecule has 2 aliphatic heterocycles. The molecule has 178 valence electrons. The number of hydrogen-bond acceptors (Lipinski definition) is 5. The zero-order valence-corrected chi connectivity index (χ0v) is 19.7. The summed E-state index contributed by atoms with van der Waals surface area (Å²) in [6, 6.07) is 17.4. The van der Waals surface area contributed by atoms with Crippen LogP contribution in [0.4, 0.5) is 17.1 Å². The lowest BCUT2D eigenvalue weighted by molar-refractivity contribution is -0.121. The summed E-state index contributed by atoms with van der Waals surface area (Å²) < 4.78 is 0. The Labute approximate surface area is 206 Å². The molecule has 0 saturated carbocycles. The molecule has 0 aliphatic carbocycles. The van der Waals surface area contributed by atoms with Crippen LogP contribution in [0.25, 0.3) is 0 Å². The van der Waals surface area contributed by atoms with Gasteiger partial charge in [0, 0.05) is 24.3 Å². The summed E-state index contributed by atoms with van der Waals surface area (Å²) in [4.78, 5) is 54.6. The molecule has 2 aliphatic rings. The van der Waals surface area contributed by atoms with Crippen molar-refractivity contribution in [2.75, 3.05) is 35.2 Å². The summed E-state index contributed by atoms with van der Waals surface area (Å²) in [7, 11) is 0. The van der Waals surface area contributed by atoms with Gasteiger partial charge in [0.2, 0.25) is 11.8 Å². The molecule has 35 heavy (non-hydrogen) atoms. The predicted octanol–water partition coefficient (Wildman–Crippen LogP) is 3.84. The Morgan fingerprint density at radius 3 is 2.54 bits per heavy atom. The maximum Gasteiger partial charge on any atom is 0.263 e. The number of carbonyl (C=O) groups is 4. The summed E-state index contributed by atoms with van der Waals surface area (Å²) in [5, 5.41) is 7.55. The Hall–Kier alpha value is -3.98. The van der Waals surface area contributed by atoms with E-state index in [-0.39, 0.29) is 36.1 Å². The van der Waals surface area contributed by atoms with Gasteiger partial charge in [-0.25, -0.2) is 0 Å². The Kier molecular flexibility index (Phi) is 6.33. The van der Waals surface area contributed by atoms with Crippen LogP contribution in [0.5, 0.6) is 0 Å². The molecule has 1 fully saturated rings. The number of thiophene rings is 1. The van der Waals surface area contributed by atoms with Crippen LogP contribution < -0.4 is 15.5 Å². The number of hydrogen-bond donors (Lipinski definition) is 2. The van der Waals surface area contributed by atoms with E-state index in [4.69, 9.17) is 0 Å². The maximum atomic E-state index is 13.1. The fourth-order valence-electron chi connectivity index (χ4n) is 4.44. The van der Waals surface area contributed by atoms with Crippen molar-refractivity contribution in [2.24, 2.45) is 5.92 Å². The van der Waals surface area contributed by atoms with Gasteiger partial charge in [0.15, 0.2) is 0 Å². The average Bonchev–Trinajstić information content (AvgIpc) is 3.43. The van der Waals surface area contributed by atoms with Crippen molar-refractivity contribution >= 4 is 52.0 Å². The lowest BCUT2D eigenvalue weighted by Gasteiger charge is -2.31. The number of carbonyl (C=O) groups excluding carboxylic acids is 4. The molecular weight excluding hydrogens is 464 g/mol. The number of benzene rings is 2. The molecule has 3 aromatic rings. The molecule has 8 nitrogen and oxygen atoms in total. The van der Waals surface area contributed by atoms with Crippen LogP contribution in [0.15, 0.2) is 66.0 Å².